The van der Waals surface area contributed by atoms with Crippen LogP contribution in [0.2, 0.25) is 0 Å². The van der Waals surface area contributed by atoms with Gasteiger partial charge in [-0.3, -0.25) is 4.79 Å². The Morgan fingerprint density at radius 3 is 2.22 bits per heavy atom. The molecule has 0 saturated carbocycles. The highest BCUT2D eigenvalue weighted by Gasteiger charge is 2.13. The van der Waals surface area contributed by atoms with Gasteiger partial charge in [-0.1, -0.05) is 74.7 Å². The van der Waals surface area contributed by atoms with Crippen LogP contribution in [0.4, 0.5) is 5.69 Å². The zero-order valence-corrected chi connectivity index (χ0v) is 18.7. The molecule has 1 aromatic rings. The summed E-state index contributed by atoms with van der Waals surface area (Å²) in [6.45, 7) is 4.40. The predicted molar refractivity (Wildman–Crippen MR) is 110 cm³/mol. The smallest absolute Gasteiger partial charge is 0.224 e. The number of carbonyl (C=O) groups is 1. The van der Waals surface area contributed by atoms with E-state index < -0.39 is 0 Å². The Labute approximate surface area is 165 Å². The zero-order chi connectivity index (χ0) is 17.2. The van der Waals surface area contributed by atoms with Crippen LogP contribution in [-0.2, 0) is 4.79 Å². The SMILES string of the molecule is CCCCCCCC[C@H](C)CC(=O)Nc1c(Br)cc(Br)cc1Br. The van der Waals surface area contributed by atoms with Crippen LogP contribution in [0, 0.1) is 5.92 Å². The minimum absolute atomic E-state index is 0.0761. The predicted octanol–water partition coefficient (Wildman–Crippen LogP) is 7.69. The van der Waals surface area contributed by atoms with E-state index in [0.29, 0.717) is 12.3 Å². The molecule has 0 radical (unpaired) electrons. The maximum atomic E-state index is 12.2. The van der Waals surface area contributed by atoms with E-state index >= 15 is 0 Å². The van der Waals surface area contributed by atoms with Gasteiger partial charge in [-0.05, 0) is 49.9 Å². The lowest BCUT2D eigenvalue weighted by Crippen LogP contribution is -2.16. The van der Waals surface area contributed by atoms with E-state index in [2.05, 4.69) is 67.0 Å². The number of halogens is 3. The highest BCUT2D eigenvalue weighted by Crippen LogP contribution is 2.34. The van der Waals surface area contributed by atoms with Crippen molar-refractivity contribution in [3.8, 4) is 0 Å². The van der Waals surface area contributed by atoms with E-state index in [-0.39, 0.29) is 5.91 Å². The van der Waals surface area contributed by atoms with Crippen LogP contribution >= 0.6 is 47.8 Å². The van der Waals surface area contributed by atoms with Gasteiger partial charge in [0.05, 0.1) is 5.69 Å². The second-order valence-electron chi connectivity index (χ2n) is 6.16. The van der Waals surface area contributed by atoms with Gasteiger partial charge in [0.2, 0.25) is 5.91 Å². The molecule has 5 heteroatoms. The fourth-order valence-corrected chi connectivity index (χ4v) is 5.00. The average molecular weight is 512 g/mol. The van der Waals surface area contributed by atoms with Crippen LogP contribution in [-0.4, -0.2) is 5.91 Å². The Morgan fingerprint density at radius 1 is 1.04 bits per heavy atom. The Bertz CT molecular complexity index is 482. The topological polar surface area (TPSA) is 29.1 Å². The third kappa shape index (κ3) is 8.69. The largest absolute Gasteiger partial charge is 0.324 e. The molecule has 0 aromatic heterocycles. The van der Waals surface area contributed by atoms with Crippen LogP contribution < -0.4 is 5.32 Å². The molecule has 0 aliphatic carbocycles. The van der Waals surface area contributed by atoms with Gasteiger partial charge in [0.1, 0.15) is 0 Å². The first-order valence-electron chi connectivity index (χ1n) is 8.38. The second-order valence-corrected chi connectivity index (χ2v) is 8.78. The molecule has 1 aromatic carbocycles. The molecule has 0 saturated heterocycles. The summed E-state index contributed by atoms with van der Waals surface area (Å²) in [5.74, 6) is 0.501. The molecule has 0 aliphatic heterocycles. The molecular formula is C18H26Br3NO. The van der Waals surface area contributed by atoms with Crippen molar-refractivity contribution in [3.05, 3.63) is 25.6 Å². The molecule has 1 amide bonds. The first-order valence-corrected chi connectivity index (χ1v) is 10.8. The molecule has 23 heavy (non-hydrogen) atoms. The molecule has 0 bridgehead atoms. The maximum absolute atomic E-state index is 12.2. The van der Waals surface area contributed by atoms with Gasteiger partial charge in [-0.2, -0.15) is 0 Å². The summed E-state index contributed by atoms with van der Waals surface area (Å²) in [7, 11) is 0. The second kappa shape index (κ2) is 11.6. The Kier molecular flexibility index (Phi) is 10.7. The minimum Gasteiger partial charge on any atom is -0.324 e. The Hall–Kier alpha value is 0.130. The fourth-order valence-electron chi connectivity index (χ4n) is 2.54. The molecular weight excluding hydrogens is 486 g/mol. The van der Waals surface area contributed by atoms with Crippen molar-refractivity contribution < 1.29 is 4.79 Å². The van der Waals surface area contributed by atoms with Crippen LogP contribution in [0.1, 0.15) is 65.2 Å². The lowest BCUT2D eigenvalue weighted by Gasteiger charge is -2.14. The van der Waals surface area contributed by atoms with Crippen molar-refractivity contribution in [1.29, 1.82) is 0 Å². The highest BCUT2D eigenvalue weighted by atomic mass is 79.9. The van der Waals surface area contributed by atoms with E-state index in [1.165, 1.54) is 38.5 Å². The van der Waals surface area contributed by atoms with Crippen molar-refractivity contribution in [2.45, 2.75) is 65.2 Å². The molecule has 0 aliphatic rings. The molecule has 0 fully saturated rings. The average Bonchev–Trinajstić information content (AvgIpc) is 2.46. The number of hydrogen-bond acceptors (Lipinski definition) is 1. The molecule has 0 spiro atoms. The Morgan fingerprint density at radius 2 is 1.61 bits per heavy atom. The summed E-state index contributed by atoms with van der Waals surface area (Å²) in [5, 5.41) is 3.00. The van der Waals surface area contributed by atoms with Crippen molar-refractivity contribution in [2.24, 2.45) is 5.92 Å². The lowest BCUT2D eigenvalue weighted by molar-refractivity contribution is -0.117. The van der Waals surface area contributed by atoms with E-state index in [1.54, 1.807) is 0 Å². The van der Waals surface area contributed by atoms with Gasteiger partial charge in [0.15, 0.2) is 0 Å². The van der Waals surface area contributed by atoms with Gasteiger partial charge in [-0.25, -0.2) is 0 Å². The molecule has 0 unspecified atom stereocenters. The summed E-state index contributed by atoms with van der Waals surface area (Å²) in [6, 6.07) is 3.86. The van der Waals surface area contributed by atoms with Gasteiger partial charge in [-0.15, -0.1) is 0 Å². The van der Waals surface area contributed by atoms with Crippen LogP contribution in [0.3, 0.4) is 0 Å². The maximum Gasteiger partial charge on any atom is 0.224 e. The van der Waals surface area contributed by atoms with Crippen LogP contribution in [0.5, 0.6) is 0 Å². The molecule has 2 nitrogen and oxygen atoms in total. The molecule has 1 atom stereocenters. The van der Waals surface area contributed by atoms with E-state index in [1.807, 2.05) is 12.1 Å². The fraction of sp³-hybridized carbons (Fsp3) is 0.611. The van der Waals surface area contributed by atoms with Gasteiger partial charge in [0.25, 0.3) is 0 Å². The standard InChI is InChI=1S/C18H26Br3NO/c1-3-4-5-6-7-8-9-13(2)10-17(23)22-18-15(20)11-14(19)12-16(18)21/h11-13H,3-10H2,1-2H3,(H,22,23)/t13-/m0/s1. The van der Waals surface area contributed by atoms with Crippen LogP contribution in [0.25, 0.3) is 0 Å². The normalized spacial score (nSPS) is 12.2. The number of hydrogen-bond donors (Lipinski definition) is 1. The molecule has 0 heterocycles. The van der Waals surface area contributed by atoms with Crippen molar-refractivity contribution in [1.82, 2.24) is 0 Å². The van der Waals surface area contributed by atoms with E-state index in [4.69, 9.17) is 0 Å². The van der Waals surface area contributed by atoms with E-state index in [0.717, 1.165) is 25.5 Å². The lowest BCUT2D eigenvalue weighted by atomic mass is 9.98. The third-order valence-corrected chi connectivity index (χ3v) is 5.56. The van der Waals surface area contributed by atoms with Gasteiger partial charge < -0.3 is 5.32 Å². The van der Waals surface area contributed by atoms with E-state index in [9.17, 15) is 4.79 Å². The monoisotopic (exact) mass is 509 g/mol. The Balaban J connectivity index is 2.33. The molecule has 130 valence electrons. The summed E-state index contributed by atoms with van der Waals surface area (Å²) < 4.78 is 2.71. The highest BCUT2D eigenvalue weighted by molar-refractivity contribution is 9.11. The number of carbonyl (C=O) groups excluding carboxylic acids is 1. The number of amides is 1. The summed E-state index contributed by atoms with van der Waals surface area (Å²) in [4.78, 5) is 12.2. The van der Waals surface area contributed by atoms with Crippen molar-refractivity contribution in [3.63, 3.8) is 0 Å². The van der Waals surface area contributed by atoms with Crippen molar-refractivity contribution in [2.75, 3.05) is 5.32 Å². The molecule has 1 N–H and O–H groups in total. The number of rotatable bonds is 10. The minimum atomic E-state index is 0.0761. The van der Waals surface area contributed by atoms with Gasteiger partial charge >= 0.3 is 0 Å². The third-order valence-electron chi connectivity index (χ3n) is 3.86. The zero-order valence-electron chi connectivity index (χ0n) is 13.9. The van der Waals surface area contributed by atoms with Crippen molar-refractivity contribution >= 4 is 59.4 Å². The number of anilines is 1. The quantitative estimate of drug-likeness (QED) is 0.320. The first-order chi connectivity index (χ1) is 10.9. The number of nitrogens with one attached hydrogen (secondary N) is 1. The molecule has 1 rings (SSSR count). The summed E-state index contributed by atoms with van der Waals surface area (Å²) in [5.41, 5.74) is 0.796. The number of unbranched alkanes of at least 4 members (excludes halogenated alkanes) is 5. The van der Waals surface area contributed by atoms with Gasteiger partial charge in [0, 0.05) is 19.8 Å². The number of benzene rings is 1. The van der Waals surface area contributed by atoms with Crippen LogP contribution in [0.15, 0.2) is 25.6 Å². The summed E-state index contributed by atoms with van der Waals surface area (Å²) in [6.07, 6.45) is 9.51. The summed E-state index contributed by atoms with van der Waals surface area (Å²) >= 11 is 10.4. The first kappa shape index (κ1) is 21.2.